The zero-order chi connectivity index (χ0) is 13.5. The lowest BCUT2D eigenvalue weighted by Gasteiger charge is -2.16. The van der Waals surface area contributed by atoms with E-state index in [4.69, 9.17) is 4.74 Å². The van der Waals surface area contributed by atoms with E-state index in [1.165, 1.54) is 7.11 Å². The van der Waals surface area contributed by atoms with E-state index in [0.29, 0.717) is 17.7 Å². The van der Waals surface area contributed by atoms with Crippen LogP contribution in [0.1, 0.15) is 23.7 Å². The molecule has 1 unspecified atom stereocenters. The minimum Gasteiger partial charge on any atom is -0.467 e. The summed E-state index contributed by atoms with van der Waals surface area (Å²) in [6.07, 6.45) is 0.608. The van der Waals surface area contributed by atoms with Crippen LogP contribution in [0.4, 0.5) is 5.69 Å². The first-order valence-electron chi connectivity index (χ1n) is 5.78. The van der Waals surface area contributed by atoms with Gasteiger partial charge in [-0.1, -0.05) is 13.0 Å². The van der Waals surface area contributed by atoms with E-state index in [9.17, 15) is 9.59 Å². The Morgan fingerprint density at radius 1 is 1.39 bits per heavy atom. The SMILES string of the molecule is CCC(Nc1cccc(C(=O)NC)c1)C(=O)OC. The van der Waals surface area contributed by atoms with Crippen molar-refractivity contribution in [3.63, 3.8) is 0 Å². The minimum absolute atomic E-state index is 0.162. The van der Waals surface area contributed by atoms with Crippen LogP contribution in [0, 0.1) is 0 Å². The molecule has 98 valence electrons. The van der Waals surface area contributed by atoms with Crippen LogP contribution >= 0.6 is 0 Å². The van der Waals surface area contributed by atoms with Crippen LogP contribution in [0.15, 0.2) is 24.3 Å². The van der Waals surface area contributed by atoms with Crippen LogP contribution in [0.2, 0.25) is 0 Å². The number of ether oxygens (including phenoxy) is 1. The van der Waals surface area contributed by atoms with Crippen molar-refractivity contribution in [2.45, 2.75) is 19.4 Å². The van der Waals surface area contributed by atoms with Gasteiger partial charge in [0.1, 0.15) is 6.04 Å². The lowest BCUT2D eigenvalue weighted by molar-refractivity contribution is -0.141. The van der Waals surface area contributed by atoms with Gasteiger partial charge < -0.3 is 15.4 Å². The molecule has 1 rings (SSSR count). The summed E-state index contributed by atoms with van der Waals surface area (Å²) >= 11 is 0. The van der Waals surface area contributed by atoms with Crippen LogP contribution in [0.3, 0.4) is 0 Å². The summed E-state index contributed by atoms with van der Waals surface area (Å²) in [4.78, 5) is 22.9. The Bertz CT molecular complexity index is 432. The molecule has 0 aliphatic rings. The number of hydrogen-bond acceptors (Lipinski definition) is 4. The van der Waals surface area contributed by atoms with Gasteiger partial charge in [-0.3, -0.25) is 4.79 Å². The Labute approximate surface area is 107 Å². The molecule has 2 N–H and O–H groups in total. The third kappa shape index (κ3) is 3.48. The predicted octanol–water partition coefficient (Wildman–Crippen LogP) is 1.41. The maximum absolute atomic E-state index is 11.5. The van der Waals surface area contributed by atoms with Crippen LogP contribution in [-0.4, -0.2) is 32.1 Å². The number of benzene rings is 1. The summed E-state index contributed by atoms with van der Waals surface area (Å²) in [5.41, 5.74) is 1.26. The normalized spacial score (nSPS) is 11.5. The molecule has 0 bridgehead atoms. The highest BCUT2D eigenvalue weighted by molar-refractivity contribution is 5.95. The average molecular weight is 250 g/mol. The zero-order valence-electron chi connectivity index (χ0n) is 10.8. The van der Waals surface area contributed by atoms with E-state index in [1.807, 2.05) is 6.92 Å². The number of anilines is 1. The molecule has 0 aliphatic heterocycles. The van der Waals surface area contributed by atoms with Crippen molar-refractivity contribution in [3.8, 4) is 0 Å². The Morgan fingerprint density at radius 3 is 2.67 bits per heavy atom. The second-order valence-corrected chi connectivity index (χ2v) is 3.79. The number of esters is 1. The summed E-state index contributed by atoms with van der Waals surface area (Å²) in [6, 6.07) is 6.57. The average Bonchev–Trinajstić information content (AvgIpc) is 2.43. The Morgan fingerprint density at radius 2 is 2.11 bits per heavy atom. The van der Waals surface area contributed by atoms with Crippen LogP contribution in [0.5, 0.6) is 0 Å². The van der Waals surface area contributed by atoms with Crippen molar-refractivity contribution in [3.05, 3.63) is 29.8 Å². The van der Waals surface area contributed by atoms with Gasteiger partial charge in [-0.2, -0.15) is 0 Å². The van der Waals surface area contributed by atoms with Crippen LogP contribution in [-0.2, 0) is 9.53 Å². The van der Waals surface area contributed by atoms with Gasteiger partial charge in [0.15, 0.2) is 0 Å². The van der Waals surface area contributed by atoms with Crippen molar-refractivity contribution in [1.82, 2.24) is 5.32 Å². The van der Waals surface area contributed by atoms with E-state index in [2.05, 4.69) is 10.6 Å². The van der Waals surface area contributed by atoms with Crippen LogP contribution < -0.4 is 10.6 Å². The van der Waals surface area contributed by atoms with Crippen molar-refractivity contribution in [2.75, 3.05) is 19.5 Å². The van der Waals surface area contributed by atoms with E-state index in [-0.39, 0.29) is 11.9 Å². The Hall–Kier alpha value is -2.04. The molecule has 0 fully saturated rings. The van der Waals surface area contributed by atoms with Gasteiger partial charge >= 0.3 is 5.97 Å². The second kappa shape index (κ2) is 6.64. The fraction of sp³-hybridized carbons (Fsp3) is 0.385. The topological polar surface area (TPSA) is 67.4 Å². The third-order valence-electron chi connectivity index (χ3n) is 2.59. The molecule has 1 aromatic rings. The van der Waals surface area contributed by atoms with Crippen LogP contribution in [0.25, 0.3) is 0 Å². The smallest absolute Gasteiger partial charge is 0.328 e. The van der Waals surface area contributed by atoms with E-state index < -0.39 is 6.04 Å². The van der Waals surface area contributed by atoms with Crippen molar-refractivity contribution in [2.24, 2.45) is 0 Å². The summed E-state index contributed by atoms with van der Waals surface area (Å²) < 4.78 is 4.69. The molecule has 1 aromatic carbocycles. The van der Waals surface area contributed by atoms with Crippen molar-refractivity contribution in [1.29, 1.82) is 0 Å². The Kier molecular flexibility index (Phi) is 5.17. The molecule has 0 radical (unpaired) electrons. The van der Waals surface area contributed by atoms with Crippen molar-refractivity contribution < 1.29 is 14.3 Å². The molecular formula is C13H18N2O3. The van der Waals surface area contributed by atoms with Gasteiger partial charge in [0.2, 0.25) is 0 Å². The molecule has 1 amide bonds. The predicted molar refractivity (Wildman–Crippen MR) is 69.5 cm³/mol. The molecular weight excluding hydrogens is 232 g/mol. The number of rotatable bonds is 5. The highest BCUT2D eigenvalue weighted by Gasteiger charge is 2.16. The molecule has 18 heavy (non-hydrogen) atoms. The first-order valence-corrected chi connectivity index (χ1v) is 5.78. The summed E-state index contributed by atoms with van der Waals surface area (Å²) in [5.74, 6) is -0.479. The number of methoxy groups -OCH3 is 1. The maximum atomic E-state index is 11.5. The molecule has 0 aliphatic carbocycles. The molecule has 0 spiro atoms. The van der Waals surface area contributed by atoms with Gasteiger partial charge in [-0.05, 0) is 24.6 Å². The lowest BCUT2D eigenvalue weighted by Crippen LogP contribution is -2.30. The zero-order valence-corrected chi connectivity index (χ0v) is 10.8. The van der Waals surface area contributed by atoms with Gasteiger partial charge in [-0.25, -0.2) is 4.79 Å². The molecule has 0 saturated heterocycles. The van der Waals surface area contributed by atoms with E-state index >= 15 is 0 Å². The molecule has 0 aromatic heterocycles. The second-order valence-electron chi connectivity index (χ2n) is 3.79. The van der Waals surface area contributed by atoms with Gasteiger partial charge in [0, 0.05) is 18.3 Å². The standard InChI is InChI=1S/C13H18N2O3/c1-4-11(13(17)18-3)15-10-7-5-6-9(8-10)12(16)14-2/h5-8,11,15H,4H2,1-3H3,(H,14,16). The summed E-state index contributed by atoms with van der Waals surface area (Å²) in [5, 5.41) is 5.60. The van der Waals surface area contributed by atoms with Gasteiger partial charge in [0.05, 0.1) is 7.11 Å². The highest BCUT2D eigenvalue weighted by Crippen LogP contribution is 2.13. The third-order valence-corrected chi connectivity index (χ3v) is 2.59. The monoisotopic (exact) mass is 250 g/mol. The first-order chi connectivity index (χ1) is 8.62. The molecule has 5 heteroatoms. The van der Waals surface area contributed by atoms with E-state index in [1.54, 1.807) is 31.3 Å². The Balaban J connectivity index is 2.84. The largest absolute Gasteiger partial charge is 0.467 e. The number of nitrogens with one attached hydrogen (secondary N) is 2. The fourth-order valence-electron chi connectivity index (χ4n) is 1.57. The highest BCUT2D eigenvalue weighted by atomic mass is 16.5. The number of hydrogen-bond donors (Lipinski definition) is 2. The molecule has 0 saturated carbocycles. The lowest BCUT2D eigenvalue weighted by atomic mass is 10.1. The molecule has 5 nitrogen and oxygen atoms in total. The quantitative estimate of drug-likeness (QED) is 0.775. The van der Waals surface area contributed by atoms with Crippen molar-refractivity contribution >= 4 is 17.6 Å². The minimum atomic E-state index is -0.407. The number of carbonyl (C=O) groups is 2. The van der Waals surface area contributed by atoms with Gasteiger partial charge in [0.25, 0.3) is 5.91 Å². The summed E-state index contributed by atoms with van der Waals surface area (Å²) in [6.45, 7) is 1.89. The van der Waals surface area contributed by atoms with Gasteiger partial charge in [-0.15, -0.1) is 0 Å². The fourth-order valence-corrected chi connectivity index (χ4v) is 1.57. The maximum Gasteiger partial charge on any atom is 0.328 e. The molecule has 0 heterocycles. The first kappa shape index (κ1) is 14.0. The summed E-state index contributed by atoms with van der Waals surface area (Å²) in [7, 11) is 2.93. The number of amides is 1. The molecule has 1 atom stereocenters. The van der Waals surface area contributed by atoms with E-state index in [0.717, 1.165) is 0 Å². The number of carbonyl (C=O) groups excluding carboxylic acids is 2.